The van der Waals surface area contributed by atoms with Gasteiger partial charge in [0, 0.05) is 0 Å². The lowest BCUT2D eigenvalue weighted by molar-refractivity contribution is 0.0822. The van der Waals surface area contributed by atoms with Crippen LogP contribution in [0.3, 0.4) is 0 Å². The standard InChI is InChI=1S/C6H11F2N/c7-5-6(8)1-3-9-4-2-6/h9H,1-5H2. The van der Waals surface area contributed by atoms with Gasteiger partial charge in [0.2, 0.25) is 0 Å². The van der Waals surface area contributed by atoms with Crippen LogP contribution in [0.4, 0.5) is 8.78 Å². The number of rotatable bonds is 1. The van der Waals surface area contributed by atoms with Gasteiger partial charge in [-0.25, -0.2) is 8.78 Å². The maximum atomic E-state index is 12.9. The van der Waals surface area contributed by atoms with Crippen LogP contribution in [0, 0.1) is 0 Å². The maximum absolute atomic E-state index is 12.9. The number of hydrogen-bond donors (Lipinski definition) is 1. The number of nitrogens with one attached hydrogen (secondary N) is 1. The molecule has 0 aliphatic carbocycles. The molecule has 1 saturated heterocycles. The van der Waals surface area contributed by atoms with Crippen LogP contribution >= 0.6 is 0 Å². The lowest BCUT2D eigenvalue weighted by Crippen LogP contribution is -2.40. The van der Waals surface area contributed by atoms with Crippen molar-refractivity contribution in [2.24, 2.45) is 0 Å². The van der Waals surface area contributed by atoms with Gasteiger partial charge in [-0.1, -0.05) is 0 Å². The smallest absolute Gasteiger partial charge is 0.141 e. The van der Waals surface area contributed by atoms with Gasteiger partial charge >= 0.3 is 0 Å². The molecule has 1 fully saturated rings. The summed E-state index contributed by atoms with van der Waals surface area (Å²) >= 11 is 0. The Balaban J connectivity index is 2.37. The Kier molecular flexibility index (Phi) is 2.01. The third kappa shape index (κ3) is 1.61. The molecule has 1 aliphatic heterocycles. The van der Waals surface area contributed by atoms with E-state index in [4.69, 9.17) is 0 Å². The molecule has 0 bridgehead atoms. The van der Waals surface area contributed by atoms with Crippen LogP contribution in [0.25, 0.3) is 0 Å². The normalized spacial score (nSPS) is 26.0. The average molecular weight is 135 g/mol. The van der Waals surface area contributed by atoms with Crippen LogP contribution in [-0.4, -0.2) is 25.4 Å². The van der Waals surface area contributed by atoms with E-state index in [0.717, 1.165) is 0 Å². The van der Waals surface area contributed by atoms with Crippen molar-refractivity contribution in [3.05, 3.63) is 0 Å². The van der Waals surface area contributed by atoms with Crippen molar-refractivity contribution in [3.63, 3.8) is 0 Å². The molecular weight excluding hydrogens is 124 g/mol. The summed E-state index contributed by atoms with van der Waals surface area (Å²) in [4.78, 5) is 0. The van der Waals surface area contributed by atoms with Crippen molar-refractivity contribution in [1.29, 1.82) is 0 Å². The zero-order valence-electron chi connectivity index (χ0n) is 5.29. The minimum atomic E-state index is -1.51. The van der Waals surface area contributed by atoms with Gasteiger partial charge in [0.1, 0.15) is 12.3 Å². The summed E-state index contributed by atoms with van der Waals surface area (Å²) < 4.78 is 24.7. The molecule has 0 unspecified atom stereocenters. The Bertz CT molecular complexity index is 89.1. The highest BCUT2D eigenvalue weighted by Crippen LogP contribution is 2.22. The molecule has 0 aromatic heterocycles. The largest absolute Gasteiger partial charge is 0.316 e. The van der Waals surface area contributed by atoms with E-state index >= 15 is 0 Å². The van der Waals surface area contributed by atoms with Crippen LogP contribution in [0.1, 0.15) is 12.8 Å². The maximum Gasteiger partial charge on any atom is 0.141 e. The minimum Gasteiger partial charge on any atom is -0.316 e. The molecule has 0 spiro atoms. The molecule has 54 valence electrons. The van der Waals surface area contributed by atoms with E-state index in [1.54, 1.807) is 0 Å². The molecular formula is C6H11F2N. The van der Waals surface area contributed by atoms with E-state index in [2.05, 4.69) is 5.32 Å². The molecule has 1 heterocycles. The lowest BCUT2D eigenvalue weighted by atomic mass is 9.96. The van der Waals surface area contributed by atoms with E-state index in [-0.39, 0.29) is 0 Å². The van der Waals surface area contributed by atoms with E-state index in [1.807, 2.05) is 0 Å². The minimum absolute atomic E-state index is 0.323. The topological polar surface area (TPSA) is 12.0 Å². The summed E-state index contributed by atoms with van der Waals surface area (Å²) in [5.74, 6) is 0. The van der Waals surface area contributed by atoms with Gasteiger partial charge < -0.3 is 5.32 Å². The molecule has 1 rings (SSSR count). The van der Waals surface area contributed by atoms with Gasteiger partial charge in [0.15, 0.2) is 0 Å². The Morgan fingerprint density at radius 3 is 2.22 bits per heavy atom. The van der Waals surface area contributed by atoms with Crippen LogP contribution in [0.15, 0.2) is 0 Å². The fourth-order valence-electron chi connectivity index (χ4n) is 1.01. The second-order valence-corrected chi connectivity index (χ2v) is 2.53. The highest BCUT2D eigenvalue weighted by atomic mass is 19.2. The highest BCUT2D eigenvalue weighted by molar-refractivity contribution is 4.83. The molecule has 9 heavy (non-hydrogen) atoms. The zero-order chi connectivity index (χ0) is 6.74. The molecule has 1 aliphatic rings. The summed E-state index contributed by atoms with van der Waals surface area (Å²) in [5.41, 5.74) is -1.51. The van der Waals surface area contributed by atoms with E-state index < -0.39 is 12.3 Å². The Morgan fingerprint density at radius 1 is 1.33 bits per heavy atom. The first-order chi connectivity index (χ1) is 4.27. The first-order valence-electron chi connectivity index (χ1n) is 3.22. The molecule has 3 heteroatoms. The third-order valence-corrected chi connectivity index (χ3v) is 1.74. The van der Waals surface area contributed by atoms with Crippen molar-refractivity contribution in [2.75, 3.05) is 19.8 Å². The van der Waals surface area contributed by atoms with Crippen molar-refractivity contribution < 1.29 is 8.78 Å². The molecule has 0 amide bonds. The number of halogens is 2. The summed E-state index contributed by atoms with van der Waals surface area (Å²) in [5, 5.41) is 2.97. The Labute approximate surface area is 53.4 Å². The molecule has 1 nitrogen and oxygen atoms in total. The summed E-state index contributed by atoms with van der Waals surface area (Å²) in [6.07, 6.45) is 0.646. The summed E-state index contributed by atoms with van der Waals surface area (Å²) in [7, 11) is 0. The first kappa shape index (κ1) is 6.93. The number of alkyl halides is 2. The predicted octanol–water partition coefficient (Wildman–Crippen LogP) is 1.05. The van der Waals surface area contributed by atoms with Crippen LogP contribution in [0.2, 0.25) is 0 Å². The lowest BCUT2D eigenvalue weighted by Gasteiger charge is -2.26. The molecule has 0 aromatic rings. The van der Waals surface area contributed by atoms with Crippen LogP contribution in [0.5, 0.6) is 0 Å². The van der Waals surface area contributed by atoms with Crippen molar-refractivity contribution in [3.8, 4) is 0 Å². The first-order valence-corrected chi connectivity index (χ1v) is 3.22. The molecule has 0 radical (unpaired) electrons. The summed E-state index contributed by atoms with van der Waals surface area (Å²) in [6, 6.07) is 0. The second-order valence-electron chi connectivity index (χ2n) is 2.53. The fraction of sp³-hybridized carbons (Fsp3) is 1.00. The Morgan fingerprint density at radius 2 is 1.89 bits per heavy atom. The van der Waals surface area contributed by atoms with E-state index in [0.29, 0.717) is 25.9 Å². The van der Waals surface area contributed by atoms with Gasteiger partial charge in [-0.15, -0.1) is 0 Å². The molecule has 0 aromatic carbocycles. The zero-order valence-corrected chi connectivity index (χ0v) is 5.29. The average Bonchev–Trinajstić information content (AvgIpc) is 1.90. The third-order valence-electron chi connectivity index (χ3n) is 1.74. The van der Waals surface area contributed by atoms with Gasteiger partial charge in [0.05, 0.1) is 0 Å². The highest BCUT2D eigenvalue weighted by Gasteiger charge is 2.31. The number of hydrogen-bond acceptors (Lipinski definition) is 1. The SMILES string of the molecule is FCC1(F)CCNCC1. The second kappa shape index (κ2) is 2.60. The Hall–Kier alpha value is -0.180. The van der Waals surface area contributed by atoms with Gasteiger partial charge in [-0.3, -0.25) is 0 Å². The molecule has 0 atom stereocenters. The van der Waals surface area contributed by atoms with Crippen LogP contribution in [-0.2, 0) is 0 Å². The van der Waals surface area contributed by atoms with Gasteiger partial charge in [0.25, 0.3) is 0 Å². The predicted molar refractivity (Wildman–Crippen MR) is 31.9 cm³/mol. The van der Waals surface area contributed by atoms with E-state index in [1.165, 1.54) is 0 Å². The van der Waals surface area contributed by atoms with Crippen molar-refractivity contribution in [2.45, 2.75) is 18.5 Å². The number of piperidine rings is 1. The molecule has 0 saturated carbocycles. The fourth-order valence-corrected chi connectivity index (χ4v) is 1.01. The summed E-state index contributed by atoms with van der Waals surface area (Å²) in [6.45, 7) is 0.398. The van der Waals surface area contributed by atoms with Gasteiger partial charge in [-0.2, -0.15) is 0 Å². The molecule has 1 N–H and O–H groups in total. The van der Waals surface area contributed by atoms with Crippen molar-refractivity contribution in [1.82, 2.24) is 5.32 Å². The van der Waals surface area contributed by atoms with Gasteiger partial charge in [-0.05, 0) is 25.9 Å². The van der Waals surface area contributed by atoms with Crippen molar-refractivity contribution >= 4 is 0 Å². The quantitative estimate of drug-likeness (QED) is 0.566. The van der Waals surface area contributed by atoms with Crippen LogP contribution < -0.4 is 5.32 Å². The monoisotopic (exact) mass is 135 g/mol. The van der Waals surface area contributed by atoms with E-state index in [9.17, 15) is 8.78 Å².